The van der Waals surface area contributed by atoms with Gasteiger partial charge in [-0.2, -0.15) is 0 Å². The molecule has 2 rings (SSSR count). The number of hydrogen-bond acceptors (Lipinski definition) is 4. The highest BCUT2D eigenvalue weighted by molar-refractivity contribution is 5.79. The largest absolute Gasteiger partial charge is 0.491 e. The van der Waals surface area contributed by atoms with Crippen molar-refractivity contribution in [2.24, 2.45) is 11.5 Å². The molecule has 1 aliphatic heterocycles. The van der Waals surface area contributed by atoms with E-state index in [0.29, 0.717) is 24.5 Å². The molecule has 5 heteroatoms. The highest BCUT2D eigenvalue weighted by Gasteiger charge is 2.22. The van der Waals surface area contributed by atoms with Gasteiger partial charge in [-0.25, -0.2) is 0 Å². The molecule has 0 saturated carbocycles. The third kappa shape index (κ3) is 2.34. The first-order valence-corrected chi connectivity index (χ1v) is 5.60. The number of carbonyl (C=O) groups excluding carboxylic acids is 1. The molecule has 1 aromatic rings. The summed E-state index contributed by atoms with van der Waals surface area (Å²) in [5.41, 5.74) is 12.0. The molecule has 0 aliphatic carbocycles. The second-order valence-electron chi connectivity index (χ2n) is 4.03. The summed E-state index contributed by atoms with van der Waals surface area (Å²) < 4.78 is 10.9. The van der Waals surface area contributed by atoms with Gasteiger partial charge in [0, 0.05) is 11.6 Å². The molecule has 1 heterocycles. The third-order valence-corrected chi connectivity index (χ3v) is 2.77. The van der Waals surface area contributed by atoms with Gasteiger partial charge in [0.2, 0.25) is 0 Å². The summed E-state index contributed by atoms with van der Waals surface area (Å²) in [6.45, 7) is 2.32. The highest BCUT2D eigenvalue weighted by Crippen LogP contribution is 2.34. The maximum atomic E-state index is 11.1. The second-order valence-corrected chi connectivity index (χ2v) is 4.03. The molecule has 0 radical (unpaired) electrons. The second kappa shape index (κ2) is 4.63. The van der Waals surface area contributed by atoms with Crippen molar-refractivity contribution < 1.29 is 14.3 Å². The monoisotopic (exact) mass is 236 g/mol. The predicted octanol–water partition coefficient (Wildman–Crippen LogP) is 0.721. The normalized spacial score (nSPS) is 19.3. The van der Waals surface area contributed by atoms with Crippen molar-refractivity contribution in [3.63, 3.8) is 0 Å². The van der Waals surface area contributed by atoms with Crippen molar-refractivity contribution >= 4 is 5.91 Å². The molecule has 1 aliphatic rings. The fourth-order valence-electron chi connectivity index (χ4n) is 1.80. The van der Waals surface area contributed by atoms with E-state index in [1.165, 1.54) is 0 Å². The molecule has 0 saturated heterocycles. The van der Waals surface area contributed by atoms with E-state index < -0.39 is 12.0 Å². The van der Waals surface area contributed by atoms with E-state index >= 15 is 0 Å². The van der Waals surface area contributed by atoms with Gasteiger partial charge >= 0.3 is 0 Å². The van der Waals surface area contributed by atoms with Gasteiger partial charge < -0.3 is 20.9 Å². The number of fused-ring (bicyclic) bond motifs is 1. The Bertz CT molecular complexity index is 434. The van der Waals surface area contributed by atoms with Crippen molar-refractivity contribution in [2.45, 2.75) is 25.5 Å². The molecule has 5 nitrogen and oxygen atoms in total. The number of amides is 1. The summed E-state index contributed by atoms with van der Waals surface area (Å²) >= 11 is 0. The molecule has 92 valence electrons. The summed E-state index contributed by atoms with van der Waals surface area (Å²) in [4.78, 5) is 11.1. The van der Waals surface area contributed by atoms with Crippen molar-refractivity contribution in [3.05, 3.63) is 23.8 Å². The van der Waals surface area contributed by atoms with Crippen LogP contribution in [0, 0.1) is 0 Å². The zero-order valence-corrected chi connectivity index (χ0v) is 9.68. The van der Waals surface area contributed by atoms with Crippen LogP contribution < -0.4 is 20.9 Å². The van der Waals surface area contributed by atoms with Crippen LogP contribution in [0.2, 0.25) is 0 Å². The number of nitrogens with two attached hydrogens (primary N) is 2. The Labute approximate surface area is 99.7 Å². The first-order chi connectivity index (χ1) is 8.11. The van der Waals surface area contributed by atoms with Crippen LogP contribution in [0.15, 0.2) is 18.2 Å². The third-order valence-electron chi connectivity index (χ3n) is 2.77. The lowest BCUT2D eigenvalue weighted by Gasteiger charge is -2.14. The maximum absolute atomic E-state index is 11.1. The topological polar surface area (TPSA) is 87.6 Å². The molecule has 17 heavy (non-hydrogen) atoms. The fourth-order valence-corrected chi connectivity index (χ4v) is 1.80. The van der Waals surface area contributed by atoms with Gasteiger partial charge in [0.1, 0.15) is 18.1 Å². The van der Waals surface area contributed by atoms with Crippen LogP contribution in [-0.4, -0.2) is 18.6 Å². The summed E-state index contributed by atoms with van der Waals surface area (Å²) in [5, 5.41) is 0. The molecule has 0 fully saturated rings. The zero-order valence-electron chi connectivity index (χ0n) is 9.68. The van der Waals surface area contributed by atoms with Gasteiger partial charge in [-0.05, 0) is 18.6 Å². The van der Waals surface area contributed by atoms with Gasteiger partial charge in [0.15, 0.2) is 6.10 Å². The molecule has 2 unspecified atom stereocenters. The van der Waals surface area contributed by atoms with Crippen LogP contribution in [0.25, 0.3) is 0 Å². The van der Waals surface area contributed by atoms with Gasteiger partial charge in [0.25, 0.3) is 5.91 Å². The quantitative estimate of drug-likeness (QED) is 0.806. The Hall–Kier alpha value is -1.75. The van der Waals surface area contributed by atoms with E-state index in [-0.39, 0.29) is 6.04 Å². The first kappa shape index (κ1) is 11.7. The summed E-state index contributed by atoms with van der Waals surface area (Å²) in [6, 6.07) is 5.29. The SMILES string of the molecule is CCC(Oc1ccc2c(c1)OCC2N)C(N)=O. The Balaban J connectivity index is 2.16. The Morgan fingerprint density at radius 3 is 3.06 bits per heavy atom. The van der Waals surface area contributed by atoms with E-state index in [1.807, 2.05) is 13.0 Å². The molecule has 4 N–H and O–H groups in total. The zero-order chi connectivity index (χ0) is 12.4. The minimum atomic E-state index is -0.608. The number of rotatable bonds is 4. The first-order valence-electron chi connectivity index (χ1n) is 5.60. The van der Waals surface area contributed by atoms with Crippen molar-refractivity contribution in [1.82, 2.24) is 0 Å². The van der Waals surface area contributed by atoms with Crippen molar-refractivity contribution in [2.75, 3.05) is 6.61 Å². The molecule has 0 spiro atoms. The van der Waals surface area contributed by atoms with Crippen LogP contribution in [0.4, 0.5) is 0 Å². The summed E-state index contributed by atoms with van der Waals surface area (Å²) in [6.07, 6.45) is -0.0737. The molecule has 2 atom stereocenters. The van der Waals surface area contributed by atoms with E-state index in [1.54, 1.807) is 12.1 Å². The van der Waals surface area contributed by atoms with Crippen molar-refractivity contribution in [3.8, 4) is 11.5 Å². The smallest absolute Gasteiger partial charge is 0.258 e. The van der Waals surface area contributed by atoms with E-state index in [0.717, 1.165) is 5.56 Å². The van der Waals surface area contributed by atoms with Gasteiger partial charge in [-0.3, -0.25) is 4.79 Å². The minimum Gasteiger partial charge on any atom is -0.491 e. The molecule has 0 bridgehead atoms. The summed E-state index contributed by atoms with van der Waals surface area (Å²) in [7, 11) is 0. The Morgan fingerprint density at radius 1 is 1.65 bits per heavy atom. The number of hydrogen-bond donors (Lipinski definition) is 2. The summed E-state index contributed by atoms with van der Waals surface area (Å²) in [5.74, 6) is 0.823. The van der Waals surface area contributed by atoms with Crippen LogP contribution >= 0.6 is 0 Å². The number of carbonyl (C=O) groups is 1. The molecule has 1 aromatic carbocycles. The maximum Gasteiger partial charge on any atom is 0.258 e. The Kier molecular flexibility index (Phi) is 3.19. The highest BCUT2D eigenvalue weighted by atomic mass is 16.5. The van der Waals surface area contributed by atoms with Crippen LogP contribution in [0.3, 0.4) is 0 Å². The predicted molar refractivity (Wildman–Crippen MR) is 62.8 cm³/mol. The average Bonchev–Trinajstić information content (AvgIpc) is 2.67. The lowest BCUT2D eigenvalue weighted by Crippen LogP contribution is -2.32. The average molecular weight is 236 g/mol. The fraction of sp³-hybridized carbons (Fsp3) is 0.417. The lowest BCUT2D eigenvalue weighted by molar-refractivity contribution is -0.124. The van der Waals surface area contributed by atoms with Gasteiger partial charge in [-0.15, -0.1) is 0 Å². The number of primary amides is 1. The van der Waals surface area contributed by atoms with Crippen LogP contribution in [-0.2, 0) is 4.79 Å². The molecular formula is C12H16N2O3. The number of ether oxygens (including phenoxy) is 2. The minimum absolute atomic E-state index is 0.0860. The Morgan fingerprint density at radius 2 is 2.41 bits per heavy atom. The van der Waals surface area contributed by atoms with E-state index in [9.17, 15) is 4.79 Å². The van der Waals surface area contributed by atoms with E-state index in [2.05, 4.69) is 0 Å². The van der Waals surface area contributed by atoms with Gasteiger partial charge in [-0.1, -0.05) is 6.92 Å². The standard InChI is InChI=1S/C12H16N2O3/c1-2-10(12(14)15)17-7-3-4-8-9(13)6-16-11(8)5-7/h3-5,9-10H,2,6,13H2,1H3,(H2,14,15). The molecule has 1 amide bonds. The van der Waals surface area contributed by atoms with Crippen LogP contribution in [0.5, 0.6) is 11.5 Å². The molecule has 0 aromatic heterocycles. The molecular weight excluding hydrogens is 220 g/mol. The lowest BCUT2D eigenvalue weighted by atomic mass is 10.1. The van der Waals surface area contributed by atoms with Gasteiger partial charge in [0.05, 0.1) is 6.04 Å². The van der Waals surface area contributed by atoms with E-state index in [4.69, 9.17) is 20.9 Å². The van der Waals surface area contributed by atoms with Crippen LogP contribution in [0.1, 0.15) is 24.9 Å². The number of benzene rings is 1. The van der Waals surface area contributed by atoms with Crippen molar-refractivity contribution in [1.29, 1.82) is 0 Å².